The molecule has 2 aromatic carbocycles. The molecular formula is C31H36N6O3. The van der Waals surface area contributed by atoms with Crippen LogP contribution in [-0.4, -0.2) is 57.6 Å². The third-order valence-corrected chi connectivity index (χ3v) is 6.31. The largest absolute Gasteiger partial charge is 0.444 e. The van der Waals surface area contributed by atoms with Gasteiger partial charge in [0.15, 0.2) is 0 Å². The van der Waals surface area contributed by atoms with Crippen molar-refractivity contribution in [2.24, 2.45) is 0 Å². The van der Waals surface area contributed by atoms with Crippen LogP contribution in [0, 0.1) is 25.2 Å². The molecule has 2 heterocycles. The van der Waals surface area contributed by atoms with Crippen LogP contribution in [0.25, 0.3) is 6.08 Å². The van der Waals surface area contributed by atoms with E-state index in [0.717, 1.165) is 47.8 Å². The van der Waals surface area contributed by atoms with Gasteiger partial charge in [-0.05, 0) is 87.2 Å². The van der Waals surface area contributed by atoms with Gasteiger partial charge in [0, 0.05) is 56.8 Å². The van der Waals surface area contributed by atoms with Crippen molar-refractivity contribution < 1.29 is 14.3 Å². The number of nitriles is 1. The highest BCUT2D eigenvalue weighted by atomic mass is 16.6. The third kappa shape index (κ3) is 8.04. The zero-order chi connectivity index (χ0) is 28.7. The zero-order valence-corrected chi connectivity index (χ0v) is 23.8. The van der Waals surface area contributed by atoms with Crippen molar-refractivity contribution in [3.05, 3.63) is 77.0 Å². The summed E-state index contributed by atoms with van der Waals surface area (Å²) < 4.78 is 11.6. The van der Waals surface area contributed by atoms with Gasteiger partial charge in [0.05, 0.1) is 6.07 Å². The van der Waals surface area contributed by atoms with Gasteiger partial charge in [0.25, 0.3) is 0 Å². The van der Waals surface area contributed by atoms with E-state index in [4.69, 9.17) is 14.7 Å². The molecule has 0 atom stereocenters. The zero-order valence-electron chi connectivity index (χ0n) is 23.8. The maximum Gasteiger partial charge on any atom is 0.410 e. The molecule has 0 unspecified atom stereocenters. The minimum atomic E-state index is -0.481. The van der Waals surface area contributed by atoms with Crippen LogP contribution in [0.15, 0.2) is 54.7 Å². The molecule has 1 N–H and O–H groups in total. The molecule has 0 bridgehead atoms. The van der Waals surface area contributed by atoms with Gasteiger partial charge < -0.3 is 19.7 Å². The van der Waals surface area contributed by atoms with E-state index in [-0.39, 0.29) is 6.09 Å². The van der Waals surface area contributed by atoms with Gasteiger partial charge in [-0.3, -0.25) is 4.90 Å². The Hall–Kier alpha value is -4.42. The van der Waals surface area contributed by atoms with Crippen LogP contribution in [0.2, 0.25) is 0 Å². The van der Waals surface area contributed by atoms with E-state index in [1.807, 2.05) is 65.0 Å². The molecule has 0 saturated carbocycles. The molecule has 0 radical (unpaired) electrons. The third-order valence-electron chi connectivity index (χ3n) is 6.31. The lowest BCUT2D eigenvalue weighted by atomic mass is 10.1. The average molecular weight is 541 g/mol. The number of hydrogen-bond donors (Lipinski definition) is 1. The normalized spacial score (nSPS) is 14.2. The molecule has 40 heavy (non-hydrogen) atoms. The standard InChI is InChI=1S/C31H36N6O3/c1-22-19-25(7-6-13-32)20-23(2)28(22)39-27-12-14-33-29(35-27)34-26-10-8-24(9-11-26)21-36-15-17-37(18-16-36)30(38)40-31(3,4)5/h6-12,14,19-20H,15-18,21H2,1-5H3,(H,33,34,35)/b7-6+. The fraction of sp³-hybridized carbons (Fsp3) is 0.355. The summed E-state index contributed by atoms with van der Waals surface area (Å²) in [5.74, 6) is 1.61. The van der Waals surface area contributed by atoms with Gasteiger partial charge in [-0.25, -0.2) is 9.78 Å². The number of ether oxygens (including phenoxy) is 2. The van der Waals surface area contributed by atoms with Crippen LogP contribution in [0.3, 0.4) is 0 Å². The highest BCUT2D eigenvalue weighted by Crippen LogP contribution is 2.30. The van der Waals surface area contributed by atoms with Crippen LogP contribution in [0.1, 0.15) is 43.0 Å². The number of allylic oxidation sites excluding steroid dienone is 1. The maximum atomic E-state index is 12.3. The molecule has 0 aliphatic carbocycles. The fourth-order valence-electron chi connectivity index (χ4n) is 4.43. The van der Waals surface area contributed by atoms with E-state index in [2.05, 4.69) is 32.3 Å². The Bertz CT molecular complexity index is 1370. The van der Waals surface area contributed by atoms with Crippen molar-refractivity contribution in [1.82, 2.24) is 19.8 Å². The van der Waals surface area contributed by atoms with E-state index in [0.29, 0.717) is 24.9 Å². The number of anilines is 2. The van der Waals surface area contributed by atoms with Crippen molar-refractivity contribution in [2.75, 3.05) is 31.5 Å². The Kier molecular flexibility index (Phi) is 9.02. The summed E-state index contributed by atoms with van der Waals surface area (Å²) in [6.07, 6.45) is 4.64. The molecular weight excluding hydrogens is 504 g/mol. The number of nitrogens with zero attached hydrogens (tertiary/aromatic N) is 5. The molecule has 1 amide bonds. The lowest BCUT2D eigenvalue weighted by Crippen LogP contribution is -2.49. The van der Waals surface area contributed by atoms with Crippen molar-refractivity contribution in [1.29, 1.82) is 5.26 Å². The summed E-state index contributed by atoms with van der Waals surface area (Å²) in [5.41, 5.74) is 4.43. The Morgan fingerprint density at radius 2 is 1.75 bits per heavy atom. The second-order valence-electron chi connectivity index (χ2n) is 10.8. The van der Waals surface area contributed by atoms with Crippen molar-refractivity contribution >= 4 is 23.8 Å². The molecule has 1 aliphatic rings. The molecule has 208 valence electrons. The van der Waals surface area contributed by atoms with Gasteiger partial charge in [0.2, 0.25) is 11.8 Å². The molecule has 0 spiro atoms. The molecule has 3 aromatic rings. The van der Waals surface area contributed by atoms with Gasteiger partial charge in [-0.1, -0.05) is 12.1 Å². The summed E-state index contributed by atoms with van der Waals surface area (Å²) in [5, 5.41) is 12.0. The van der Waals surface area contributed by atoms with Gasteiger partial charge in [-0.15, -0.1) is 0 Å². The first kappa shape index (κ1) is 28.6. The van der Waals surface area contributed by atoms with Gasteiger partial charge >= 0.3 is 6.09 Å². The van der Waals surface area contributed by atoms with Crippen LogP contribution in [-0.2, 0) is 11.3 Å². The Balaban J connectivity index is 1.32. The number of aryl methyl sites for hydroxylation is 2. The van der Waals surface area contributed by atoms with Crippen molar-refractivity contribution in [2.45, 2.75) is 46.8 Å². The van der Waals surface area contributed by atoms with E-state index in [1.54, 1.807) is 23.2 Å². The minimum absolute atomic E-state index is 0.244. The number of nitrogens with one attached hydrogen (secondary N) is 1. The monoisotopic (exact) mass is 540 g/mol. The van der Waals surface area contributed by atoms with E-state index >= 15 is 0 Å². The minimum Gasteiger partial charge on any atom is -0.444 e. The van der Waals surface area contributed by atoms with Gasteiger partial charge in [-0.2, -0.15) is 10.2 Å². The maximum absolute atomic E-state index is 12.3. The van der Waals surface area contributed by atoms with E-state index in [1.165, 1.54) is 11.6 Å². The fourth-order valence-corrected chi connectivity index (χ4v) is 4.43. The predicted molar refractivity (Wildman–Crippen MR) is 155 cm³/mol. The summed E-state index contributed by atoms with van der Waals surface area (Å²) in [6.45, 7) is 13.3. The smallest absolute Gasteiger partial charge is 0.410 e. The second kappa shape index (κ2) is 12.6. The quantitative estimate of drug-likeness (QED) is 0.352. The first-order chi connectivity index (χ1) is 19.1. The molecule has 1 saturated heterocycles. The Labute approximate surface area is 236 Å². The van der Waals surface area contributed by atoms with Crippen molar-refractivity contribution in [3.63, 3.8) is 0 Å². The van der Waals surface area contributed by atoms with Crippen LogP contribution >= 0.6 is 0 Å². The highest BCUT2D eigenvalue weighted by Gasteiger charge is 2.25. The lowest BCUT2D eigenvalue weighted by molar-refractivity contribution is 0.0139. The highest BCUT2D eigenvalue weighted by molar-refractivity contribution is 5.68. The molecule has 1 aliphatic heterocycles. The Morgan fingerprint density at radius 3 is 2.38 bits per heavy atom. The topological polar surface area (TPSA) is 104 Å². The number of benzene rings is 2. The average Bonchev–Trinajstić information content (AvgIpc) is 2.90. The van der Waals surface area contributed by atoms with Crippen LogP contribution < -0.4 is 10.1 Å². The summed E-state index contributed by atoms with van der Waals surface area (Å²) in [4.78, 5) is 25.3. The number of amides is 1. The number of carbonyl (C=O) groups excluding carboxylic acids is 1. The van der Waals surface area contributed by atoms with Crippen molar-refractivity contribution in [3.8, 4) is 17.7 Å². The molecule has 9 nitrogen and oxygen atoms in total. The second-order valence-corrected chi connectivity index (χ2v) is 10.8. The summed E-state index contributed by atoms with van der Waals surface area (Å²) >= 11 is 0. The van der Waals surface area contributed by atoms with Gasteiger partial charge in [0.1, 0.15) is 11.4 Å². The SMILES string of the molecule is Cc1cc(/C=C/C#N)cc(C)c1Oc1ccnc(Nc2ccc(CN3CCN(C(=O)OC(C)(C)C)CC3)cc2)n1. The predicted octanol–water partition coefficient (Wildman–Crippen LogP) is 6.22. The van der Waals surface area contributed by atoms with E-state index in [9.17, 15) is 4.79 Å². The van der Waals surface area contributed by atoms with Crippen LogP contribution in [0.5, 0.6) is 11.6 Å². The summed E-state index contributed by atoms with van der Waals surface area (Å²) in [7, 11) is 0. The van der Waals surface area contributed by atoms with E-state index < -0.39 is 5.60 Å². The number of aromatic nitrogens is 2. The first-order valence-corrected chi connectivity index (χ1v) is 13.3. The molecule has 4 rings (SSSR count). The molecule has 1 aromatic heterocycles. The first-order valence-electron chi connectivity index (χ1n) is 13.3. The number of hydrogen-bond acceptors (Lipinski definition) is 8. The lowest BCUT2D eigenvalue weighted by Gasteiger charge is -2.35. The molecule has 1 fully saturated rings. The van der Waals surface area contributed by atoms with Crippen LogP contribution in [0.4, 0.5) is 16.4 Å². The number of piperazine rings is 1. The molecule has 9 heteroatoms. The summed E-state index contributed by atoms with van der Waals surface area (Å²) in [6, 6.07) is 15.9. The number of carbonyl (C=O) groups is 1. The number of rotatable bonds is 7. The Morgan fingerprint density at radius 1 is 1.07 bits per heavy atom.